The topological polar surface area (TPSA) is 43.4 Å². The van der Waals surface area contributed by atoms with E-state index in [0.717, 1.165) is 12.1 Å². The minimum absolute atomic E-state index is 0.0635. The Labute approximate surface area is 151 Å². The van der Waals surface area contributed by atoms with Crippen LogP contribution in [0.15, 0.2) is 36.4 Å². The standard InChI is InChI=1S/C20H23F3O3/c1-19(2)11-5-8-15(18(25)26-19)13-17(24)10-4-7-14-6-3-9-16(12-14)20(21,22)23/h3,5-6,8-9,12,15H,4,7,10-11,13H2,1-2H3/t15-/m0/s1. The summed E-state index contributed by atoms with van der Waals surface area (Å²) < 4.78 is 43.5. The summed E-state index contributed by atoms with van der Waals surface area (Å²) >= 11 is 0. The average molecular weight is 368 g/mol. The Bertz CT molecular complexity index is 690. The number of halogens is 3. The maximum absolute atomic E-state index is 12.7. The number of carbonyl (C=O) groups is 2. The van der Waals surface area contributed by atoms with Crippen molar-refractivity contribution in [1.82, 2.24) is 0 Å². The molecule has 0 bridgehead atoms. The van der Waals surface area contributed by atoms with Gasteiger partial charge in [0, 0.05) is 19.3 Å². The zero-order valence-electron chi connectivity index (χ0n) is 14.9. The molecule has 2 rings (SSSR count). The number of aryl methyl sites for hydroxylation is 1. The van der Waals surface area contributed by atoms with E-state index in [1.807, 2.05) is 19.9 Å². The minimum Gasteiger partial charge on any atom is -0.459 e. The summed E-state index contributed by atoms with van der Waals surface area (Å²) in [6, 6.07) is 5.12. The molecule has 1 aromatic rings. The molecule has 1 aromatic carbocycles. The van der Waals surface area contributed by atoms with Crippen LogP contribution in [0.1, 0.15) is 50.7 Å². The highest BCUT2D eigenvalue weighted by Crippen LogP contribution is 2.30. The van der Waals surface area contributed by atoms with Crippen LogP contribution in [-0.2, 0) is 26.9 Å². The largest absolute Gasteiger partial charge is 0.459 e. The van der Waals surface area contributed by atoms with Gasteiger partial charge in [-0.2, -0.15) is 13.2 Å². The maximum Gasteiger partial charge on any atom is 0.416 e. The van der Waals surface area contributed by atoms with E-state index in [2.05, 4.69) is 0 Å². The Morgan fingerprint density at radius 1 is 1.31 bits per heavy atom. The zero-order valence-corrected chi connectivity index (χ0v) is 14.9. The van der Waals surface area contributed by atoms with Gasteiger partial charge in [-0.3, -0.25) is 9.59 Å². The summed E-state index contributed by atoms with van der Waals surface area (Å²) in [7, 11) is 0. The third-order valence-corrected chi connectivity index (χ3v) is 4.28. The van der Waals surface area contributed by atoms with E-state index < -0.39 is 29.2 Å². The molecule has 3 nitrogen and oxygen atoms in total. The number of alkyl halides is 3. The van der Waals surface area contributed by atoms with E-state index in [-0.39, 0.29) is 18.6 Å². The highest BCUT2D eigenvalue weighted by Gasteiger charge is 2.31. The smallest absolute Gasteiger partial charge is 0.416 e. The number of rotatable bonds is 6. The van der Waals surface area contributed by atoms with Crippen LogP contribution in [0, 0.1) is 5.92 Å². The van der Waals surface area contributed by atoms with Crippen molar-refractivity contribution < 1.29 is 27.5 Å². The molecule has 0 N–H and O–H groups in total. The third-order valence-electron chi connectivity index (χ3n) is 4.28. The minimum atomic E-state index is -4.37. The predicted octanol–water partition coefficient (Wildman–Crippen LogP) is 4.89. The molecular weight excluding hydrogens is 345 g/mol. The molecule has 0 unspecified atom stereocenters. The quantitative estimate of drug-likeness (QED) is 0.531. The zero-order chi connectivity index (χ0) is 19.4. The molecule has 0 aromatic heterocycles. The molecule has 0 aliphatic carbocycles. The van der Waals surface area contributed by atoms with Crippen molar-refractivity contribution in [3.8, 4) is 0 Å². The Hall–Kier alpha value is -2.11. The highest BCUT2D eigenvalue weighted by molar-refractivity contribution is 5.85. The summed E-state index contributed by atoms with van der Waals surface area (Å²) in [4.78, 5) is 24.2. The van der Waals surface area contributed by atoms with Crippen molar-refractivity contribution in [3.05, 3.63) is 47.5 Å². The molecule has 0 saturated heterocycles. The molecule has 0 saturated carbocycles. The third kappa shape index (κ3) is 6.00. The van der Waals surface area contributed by atoms with Crippen LogP contribution in [0.2, 0.25) is 0 Å². The fourth-order valence-electron chi connectivity index (χ4n) is 2.88. The first kappa shape index (κ1) is 20.2. The maximum atomic E-state index is 12.7. The average Bonchev–Trinajstić information content (AvgIpc) is 2.64. The van der Waals surface area contributed by atoms with Gasteiger partial charge in [-0.05, 0) is 38.3 Å². The predicted molar refractivity (Wildman–Crippen MR) is 91.4 cm³/mol. The molecule has 1 atom stereocenters. The number of carbonyl (C=O) groups excluding carboxylic acids is 2. The number of cyclic esters (lactones) is 1. The lowest BCUT2D eigenvalue weighted by molar-refractivity contribution is -0.159. The van der Waals surface area contributed by atoms with E-state index >= 15 is 0 Å². The molecule has 1 aliphatic rings. The van der Waals surface area contributed by atoms with E-state index in [0.29, 0.717) is 24.8 Å². The van der Waals surface area contributed by atoms with E-state index in [9.17, 15) is 22.8 Å². The second kappa shape index (κ2) is 8.06. The Kier molecular flexibility index (Phi) is 6.26. The van der Waals surface area contributed by atoms with Gasteiger partial charge in [-0.25, -0.2) is 0 Å². The first-order valence-electron chi connectivity index (χ1n) is 8.64. The van der Waals surface area contributed by atoms with Gasteiger partial charge in [0.1, 0.15) is 11.4 Å². The molecular formula is C20H23F3O3. The van der Waals surface area contributed by atoms with Gasteiger partial charge in [0.05, 0.1) is 11.5 Å². The fourth-order valence-corrected chi connectivity index (χ4v) is 2.88. The van der Waals surface area contributed by atoms with Crippen LogP contribution in [0.4, 0.5) is 13.2 Å². The van der Waals surface area contributed by atoms with Gasteiger partial charge < -0.3 is 4.74 Å². The van der Waals surface area contributed by atoms with Crippen LogP contribution >= 0.6 is 0 Å². The number of esters is 1. The molecule has 0 amide bonds. The molecule has 0 radical (unpaired) electrons. The Balaban J connectivity index is 1.83. The van der Waals surface area contributed by atoms with Gasteiger partial charge in [0.25, 0.3) is 0 Å². The summed E-state index contributed by atoms with van der Waals surface area (Å²) in [6.45, 7) is 3.63. The number of ether oxygens (including phenoxy) is 1. The van der Waals surface area contributed by atoms with Crippen LogP contribution < -0.4 is 0 Å². The molecule has 0 spiro atoms. The lowest BCUT2D eigenvalue weighted by Crippen LogP contribution is -2.29. The Morgan fingerprint density at radius 2 is 2.04 bits per heavy atom. The Morgan fingerprint density at radius 3 is 2.73 bits per heavy atom. The number of hydrogen-bond donors (Lipinski definition) is 0. The van der Waals surface area contributed by atoms with Gasteiger partial charge >= 0.3 is 12.1 Å². The van der Waals surface area contributed by atoms with Gasteiger partial charge in [0.15, 0.2) is 0 Å². The second-order valence-corrected chi connectivity index (χ2v) is 7.21. The summed E-state index contributed by atoms with van der Waals surface area (Å²) in [6.07, 6.45) is 0.897. The molecule has 26 heavy (non-hydrogen) atoms. The SMILES string of the molecule is CC1(C)CC=C[C@@H](CC(=O)CCCc2cccc(C(F)(F)F)c2)C(=O)O1. The number of hydrogen-bond acceptors (Lipinski definition) is 3. The van der Waals surface area contributed by atoms with Gasteiger partial charge in [-0.15, -0.1) is 0 Å². The van der Waals surface area contributed by atoms with E-state index in [1.165, 1.54) is 6.07 Å². The number of Topliss-reactive ketones (excluding diaryl/α,β-unsaturated/α-hetero) is 1. The summed E-state index contributed by atoms with van der Waals surface area (Å²) in [5.74, 6) is -1.09. The number of ketones is 1. The van der Waals surface area contributed by atoms with Crippen LogP contribution in [0.5, 0.6) is 0 Å². The summed E-state index contributed by atoms with van der Waals surface area (Å²) in [5, 5.41) is 0. The molecule has 1 heterocycles. The van der Waals surface area contributed by atoms with E-state index in [1.54, 1.807) is 12.1 Å². The lowest BCUT2D eigenvalue weighted by Gasteiger charge is -2.23. The van der Waals surface area contributed by atoms with Crippen LogP contribution in [0.3, 0.4) is 0 Å². The molecule has 0 fully saturated rings. The van der Waals surface area contributed by atoms with Gasteiger partial charge in [0.2, 0.25) is 0 Å². The molecule has 1 aliphatic heterocycles. The lowest BCUT2D eigenvalue weighted by atomic mass is 9.97. The van der Waals surface area contributed by atoms with Gasteiger partial charge in [-0.1, -0.05) is 30.4 Å². The normalized spacial score (nSPS) is 19.7. The van der Waals surface area contributed by atoms with Crippen molar-refractivity contribution in [3.63, 3.8) is 0 Å². The second-order valence-electron chi connectivity index (χ2n) is 7.21. The monoisotopic (exact) mass is 368 g/mol. The van der Waals surface area contributed by atoms with Crippen LogP contribution in [-0.4, -0.2) is 17.4 Å². The van der Waals surface area contributed by atoms with Crippen LogP contribution in [0.25, 0.3) is 0 Å². The fraction of sp³-hybridized carbons (Fsp3) is 0.500. The molecule has 6 heteroatoms. The highest BCUT2D eigenvalue weighted by atomic mass is 19.4. The first-order chi connectivity index (χ1) is 12.1. The van der Waals surface area contributed by atoms with E-state index in [4.69, 9.17) is 4.74 Å². The first-order valence-corrected chi connectivity index (χ1v) is 8.64. The molecule has 142 valence electrons. The van der Waals surface area contributed by atoms with Crippen molar-refractivity contribution in [2.24, 2.45) is 5.92 Å². The van der Waals surface area contributed by atoms with Crippen molar-refractivity contribution in [2.45, 2.75) is 57.7 Å². The van der Waals surface area contributed by atoms with Crippen molar-refractivity contribution >= 4 is 11.8 Å². The van der Waals surface area contributed by atoms with Crippen molar-refractivity contribution in [1.29, 1.82) is 0 Å². The number of benzene rings is 1. The summed E-state index contributed by atoms with van der Waals surface area (Å²) in [5.41, 5.74) is -0.715. The van der Waals surface area contributed by atoms with Crippen molar-refractivity contribution in [2.75, 3.05) is 0 Å².